The summed E-state index contributed by atoms with van der Waals surface area (Å²) in [5, 5.41) is 0. The maximum Gasteiger partial charge on any atom is 0.315 e. The lowest BCUT2D eigenvalue weighted by Gasteiger charge is -2.43. The zero-order chi connectivity index (χ0) is 11.2. The number of esters is 1. The summed E-state index contributed by atoms with van der Waals surface area (Å²) in [4.78, 5) is 12.2. The van der Waals surface area contributed by atoms with E-state index in [0.29, 0.717) is 12.5 Å². The van der Waals surface area contributed by atoms with Gasteiger partial charge in [0.25, 0.3) is 0 Å². The molecule has 1 heterocycles. The Kier molecular flexibility index (Phi) is 2.29. The second kappa shape index (κ2) is 3.46. The minimum atomic E-state index is -0.556. The van der Waals surface area contributed by atoms with Gasteiger partial charge in [-0.15, -0.1) is 0 Å². The van der Waals surface area contributed by atoms with Crippen molar-refractivity contribution in [2.45, 2.75) is 57.7 Å². The van der Waals surface area contributed by atoms with E-state index in [4.69, 9.17) is 9.47 Å². The predicted molar refractivity (Wildman–Crippen MR) is 58.7 cm³/mol. The first-order valence-electron chi connectivity index (χ1n) is 6.58. The van der Waals surface area contributed by atoms with Gasteiger partial charge in [-0.1, -0.05) is 12.8 Å². The van der Waals surface area contributed by atoms with Crippen molar-refractivity contribution in [3.63, 3.8) is 0 Å². The minimum Gasteiger partial charge on any atom is -0.433 e. The fraction of sp³-hybridized carbons (Fsp3) is 0.923. The summed E-state index contributed by atoms with van der Waals surface area (Å²) in [5.74, 6) is 0.0348. The molecule has 3 aliphatic rings. The van der Waals surface area contributed by atoms with Gasteiger partial charge in [-0.2, -0.15) is 0 Å². The Labute approximate surface area is 96.5 Å². The molecular formula is C13H20O3. The van der Waals surface area contributed by atoms with E-state index in [1.54, 1.807) is 0 Å². The minimum absolute atomic E-state index is 0.0307. The summed E-state index contributed by atoms with van der Waals surface area (Å²) in [7, 11) is 0. The van der Waals surface area contributed by atoms with Crippen molar-refractivity contribution < 1.29 is 14.3 Å². The Bertz CT molecular complexity index is 314. The van der Waals surface area contributed by atoms with E-state index in [9.17, 15) is 4.79 Å². The summed E-state index contributed by atoms with van der Waals surface area (Å²) in [6.45, 7) is 2.61. The molecule has 2 saturated carbocycles. The highest BCUT2D eigenvalue weighted by molar-refractivity contribution is 5.80. The molecule has 0 aromatic heterocycles. The maximum absolute atomic E-state index is 12.2. The van der Waals surface area contributed by atoms with E-state index in [2.05, 4.69) is 0 Å². The Morgan fingerprint density at radius 2 is 2.25 bits per heavy atom. The third kappa shape index (κ3) is 1.27. The van der Waals surface area contributed by atoms with Crippen LogP contribution in [-0.2, 0) is 14.3 Å². The molecule has 3 atom stereocenters. The topological polar surface area (TPSA) is 35.5 Å². The van der Waals surface area contributed by atoms with Gasteiger partial charge in [0.1, 0.15) is 0 Å². The number of carbonyl (C=O) groups excluding carboxylic acids is 1. The molecule has 3 fully saturated rings. The summed E-state index contributed by atoms with van der Waals surface area (Å²) in [6, 6.07) is 0. The van der Waals surface area contributed by atoms with Gasteiger partial charge in [0.05, 0.1) is 5.41 Å². The van der Waals surface area contributed by atoms with Crippen molar-refractivity contribution in [3.05, 3.63) is 0 Å². The van der Waals surface area contributed by atoms with Crippen LogP contribution >= 0.6 is 0 Å². The maximum atomic E-state index is 12.2. The van der Waals surface area contributed by atoms with Gasteiger partial charge in [-0.25, -0.2) is 0 Å². The van der Waals surface area contributed by atoms with Gasteiger partial charge in [-0.3, -0.25) is 4.79 Å². The zero-order valence-corrected chi connectivity index (χ0v) is 9.96. The van der Waals surface area contributed by atoms with Crippen LogP contribution in [0.4, 0.5) is 0 Å². The molecule has 1 saturated heterocycles. The molecule has 0 aromatic rings. The molecule has 0 N–H and O–H groups in total. The van der Waals surface area contributed by atoms with E-state index in [0.717, 1.165) is 25.7 Å². The number of hydrogen-bond donors (Lipinski definition) is 0. The molecule has 1 spiro atoms. The molecule has 2 bridgehead atoms. The van der Waals surface area contributed by atoms with Crippen LogP contribution in [0.1, 0.15) is 51.9 Å². The number of rotatable bonds is 2. The number of ether oxygens (including phenoxy) is 2. The first-order valence-corrected chi connectivity index (χ1v) is 6.58. The van der Waals surface area contributed by atoms with Gasteiger partial charge in [-0.05, 0) is 32.1 Å². The summed E-state index contributed by atoms with van der Waals surface area (Å²) in [5.41, 5.74) is -0.175. The Morgan fingerprint density at radius 1 is 1.38 bits per heavy atom. The highest BCUT2D eigenvalue weighted by Crippen LogP contribution is 2.59. The van der Waals surface area contributed by atoms with Gasteiger partial charge < -0.3 is 9.47 Å². The van der Waals surface area contributed by atoms with Crippen molar-refractivity contribution in [2.75, 3.05) is 6.61 Å². The second-order valence-electron chi connectivity index (χ2n) is 5.55. The normalized spacial score (nSPS) is 46.3. The first kappa shape index (κ1) is 10.6. The average Bonchev–Trinajstić information content (AvgIpc) is 2.47. The van der Waals surface area contributed by atoms with Crippen LogP contribution in [0.25, 0.3) is 0 Å². The largest absolute Gasteiger partial charge is 0.433 e. The SMILES string of the molecule is CCOC12CCC3CCCCC3(C1)C(=O)O2. The van der Waals surface area contributed by atoms with Gasteiger partial charge in [0.2, 0.25) is 5.79 Å². The van der Waals surface area contributed by atoms with Crippen LogP contribution < -0.4 is 0 Å². The summed E-state index contributed by atoms with van der Waals surface area (Å²) >= 11 is 0. The van der Waals surface area contributed by atoms with Crippen molar-refractivity contribution in [1.82, 2.24) is 0 Å². The zero-order valence-electron chi connectivity index (χ0n) is 9.96. The lowest BCUT2D eigenvalue weighted by atomic mass is 9.59. The van der Waals surface area contributed by atoms with E-state index in [1.807, 2.05) is 6.92 Å². The molecule has 0 amide bonds. The predicted octanol–water partition coefficient (Wildman–Crippen LogP) is 2.64. The van der Waals surface area contributed by atoms with Gasteiger partial charge in [0, 0.05) is 19.4 Å². The number of hydrogen-bond acceptors (Lipinski definition) is 3. The van der Waals surface area contributed by atoms with E-state index in [-0.39, 0.29) is 11.4 Å². The van der Waals surface area contributed by atoms with Crippen LogP contribution in [0.15, 0.2) is 0 Å². The molecule has 2 aliphatic carbocycles. The quantitative estimate of drug-likeness (QED) is 0.676. The molecule has 1 aliphatic heterocycles. The standard InChI is InChI=1S/C13H20O3/c1-2-15-13-8-6-10-5-3-4-7-12(10,9-13)11(14)16-13/h10H,2-9H2,1H3. The average molecular weight is 224 g/mol. The van der Waals surface area contributed by atoms with Crippen molar-refractivity contribution in [3.8, 4) is 0 Å². The highest BCUT2D eigenvalue weighted by Gasteiger charge is 2.64. The van der Waals surface area contributed by atoms with Gasteiger partial charge >= 0.3 is 5.97 Å². The van der Waals surface area contributed by atoms with E-state index < -0.39 is 5.79 Å². The Balaban J connectivity index is 1.91. The Hall–Kier alpha value is -0.570. The molecule has 3 nitrogen and oxygen atoms in total. The van der Waals surface area contributed by atoms with E-state index in [1.165, 1.54) is 19.3 Å². The smallest absolute Gasteiger partial charge is 0.315 e. The van der Waals surface area contributed by atoms with Crippen LogP contribution in [0.2, 0.25) is 0 Å². The molecule has 3 heteroatoms. The lowest BCUT2D eigenvalue weighted by molar-refractivity contribution is -0.216. The molecule has 3 unspecified atom stereocenters. The lowest BCUT2D eigenvalue weighted by Crippen LogP contribution is -2.43. The monoisotopic (exact) mass is 224 g/mol. The summed E-state index contributed by atoms with van der Waals surface area (Å²) < 4.78 is 11.3. The fourth-order valence-corrected chi connectivity index (χ4v) is 4.04. The second-order valence-corrected chi connectivity index (χ2v) is 5.55. The highest BCUT2D eigenvalue weighted by atomic mass is 16.7. The van der Waals surface area contributed by atoms with Crippen LogP contribution in [-0.4, -0.2) is 18.4 Å². The van der Waals surface area contributed by atoms with Crippen LogP contribution in [0.5, 0.6) is 0 Å². The van der Waals surface area contributed by atoms with Crippen molar-refractivity contribution in [1.29, 1.82) is 0 Å². The third-order valence-corrected chi connectivity index (χ3v) is 4.76. The summed E-state index contributed by atoms with van der Waals surface area (Å²) in [6.07, 6.45) is 7.50. The van der Waals surface area contributed by atoms with Crippen molar-refractivity contribution >= 4 is 5.97 Å². The van der Waals surface area contributed by atoms with Crippen LogP contribution in [0.3, 0.4) is 0 Å². The molecule has 0 radical (unpaired) electrons. The number of carbonyl (C=O) groups is 1. The third-order valence-electron chi connectivity index (χ3n) is 4.76. The van der Waals surface area contributed by atoms with E-state index >= 15 is 0 Å². The van der Waals surface area contributed by atoms with Crippen molar-refractivity contribution in [2.24, 2.45) is 11.3 Å². The number of fused-ring (bicyclic) bond motifs is 1. The Morgan fingerprint density at radius 3 is 3.06 bits per heavy atom. The molecule has 90 valence electrons. The first-order chi connectivity index (χ1) is 7.71. The molecule has 3 rings (SSSR count). The van der Waals surface area contributed by atoms with Gasteiger partial charge in [0.15, 0.2) is 0 Å². The van der Waals surface area contributed by atoms with Crippen LogP contribution in [0, 0.1) is 11.3 Å². The fourth-order valence-electron chi connectivity index (χ4n) is 4.04. The molecular weight excluding hydrogens is 204 g/mol. The molecule has 16 heavy (non-hydrogen) atoms. The molecule has 0 aromatic carbocycles.